The lowest BCUT2D eigenvalue weighted by Gasteiger charge is -2.04. The first-order valence-corrected chi connectivity index (χ1v) is 5.50. The molecule has 0 saturated heterocycles. The Kier molecular flexibility index (Phi) is 2.89. The lowest BCUT2D eigenvalue weighted by molar-refractivity contribution is 0.662. The molecule has 0 saturated carbocycles. The van der Waals surface area contributed by atoms with Gasteiger partial charge in [0.25, 0.3) is 0 Å². The van der Waals surface area contributed by atoms with Crippen LogP contribution in [0.3, 0.4) is 0 Å². The molecular weight excluding hydrogens is 240 g/mol. The highest BCUT2D eigenvalue weighted by atomic mass is 79.9. The van der Waals surface area contributed by atoms with Gasteiger partial charge in [0.15, 0.2) is 0 Å². The van der Waals surface area contributed by atoms with Crippen LogP contribution < -0.4 is 5.32 Å². The summed E-state index contributed by atoms with van der Waals surface area (Å²) >= 11 is 3.55. The average molecular weight is 253 g/mol. The topological polar surface area (TPSA) is 17.0 Å². The van der Waals surface area contributed by atoms with Gasteiger partial charge in [-0.25, -0.2) is 0 Å². The van der Waals surface area contributed by atoms with E-state index in [1.807, 2.05) is 7.05 Å². The third kappa shape index (κ3) is 1.70. The molecule has 0 aliphatic rings. The SMILES string of the molecule is CNCCn1ccc2c(Br)cccc21. The van der Waals surface area contributed by atoms with E-state index in [-0.39, 0.29) is 0 Å². The van der Waals surface area contributed by atoms with Crippen molar-refractivity contribution in [3.8, 4) is 0 Å². The van der Waals surface area contributed by atoms with Gasteiger partial charge in [0, 0.05) is 34.7 Å². The van der Waals surface area contributed by atoms with E-state index in [2.05, 4.69) is 56.3 Å². The summed E-state index contributed by atoms with van der Waals surface area (Å²) in [5, 5.41) is 4.43. The molecule has 0 bridgehead atoms. The smallest absolute Gasteiger partial charge is 0.0492 e. The van der Waals surface area contributed by atoms with Crippen molar-refractivity contribution in [2.24, 2.45) is 0 Å². The minimum absolute atomic E-state index is 0.996. The summed E-state index contributed by atoms with van der Waals surface area (Å²) < 4.78 is 3.43. The highest BCUT2D eigenvalue weighted by Gasteiger charge is 2.02. The molecular formula is C11H13BrN2. The molecule has 3 heteroatoms. The molecule has 1 aromatic heterocycles. The van der Waals surface area contributed by atoms with Crippen molar-refractivity contribution in [3.63, 3.8) is 0 Å². The summed E-state index contributed by atoms with van der Waals surface area (Å²) in [6.07, 6.45) is 2.13. The Balaban J connectivity index is 2.42. The van der Waals surface area contributed by atoms with Gasteiger partial charge in [0.05, 0.1) is 0 Å². The minimum atomic E-state index is 0.996. The van der Waals surface area contributed by atoms with E-state index in [4.69, 9.17) is 0 Å². The molecule has 0 amide bonds. The van der Waals surface area contributed by atoms with Gasteiger partial charge in [-0.05, 0) is 25.2 Å². The fraction of sp³-hybridized carbons (Fsp3) is 0.273. The standard InChI is InChI=1S/C11H13BrN2/c1-13-6-8-14-7-5-9-10(12)3-2-4-11(9)14/h2-5,7,13H,6,8H2,1H3. The van der Waals surface area contributed by atoms with Crippen LogP contribution in [0, 0.1) is 0 Å². The fourth-order valence-electron chi connectivity index (χ4n) is 1.61. The summed E-state index contributed by atoms with van der Waals surface area (Å²) in [5.74, 6) is 0. The summed E-state index contributed by atoms with van der Waals surface area (Å²) in [7, 11) is 1.97. The van der Waals surface area contributed by atoms with E-state index in [1.165, 1.54) is 15.4 Å². The van der Waals surface area contributed by atoms with Crippen molar-refractivity contribution in [1.29, 1.82) is 0 Å². The van der Waals surface area contributed by atoms with Crippen LogP contribution in [0.2, 0.25) is 0 Å². The Labute approximate surface area is 92.0 Å². The predicted molar refractivity (Wildman–Crippen MR) is 63.6 cm³/mol. The summed E-state index contributed by atoms with van der Waals surface area (Å²) in [6.45, 7) is 2.01. The molecule has 74 valence electrons. The first-order valence-electron chi connectivity index (χ1n) is 4.71. The highest BCUT2D eigenvalue weighted by molar-refractivity contribution is 9.10. The van der Waals surface area contributed by atoms with Gasteiger partial charge in [0.2, 0.25) is 0 Å². The maximum absolute atomic E-state index is 3.55. The molecule has 0 aliphatic carbocycles. The van der Waals surface area contributed by atoms with Gasteiger partial charge in [0.1, 0.15) is 0 Å². The second-order valence-corrected chi connectivity index (χ2v) is 4.14. The third-order valence-corrected chi connectivity index (χ3v) is 3.05. The van der Waals surface area contributed by atoms with Crippen molar-refractivity contribution in [2.75, 3.05) is 13.6 Å². The van der Waals surface area contributed by atoms with Gasteiger partial charge in [-0.3, -0.25) is 0 Å². The minimum Gasteiger partial charge on any atom is -0.346 e. The monoisotopic (exact) mass is 252 g/mol. The van der Waals surface area contributed by atoms with Crippen LogP contribution in [-0.2, 0) is 6.54 Å². The number of fused-ring (bicyclic) bond motifs is 1. The quantitative estimate of drug-likeness (QED) is 0.889. The van der Waals surface area contributed by atoms with E-state index >= 15 is 0 Å². The van der Waals surface area contributed by atoms with Gasteiger partial charge < -0.3 is 9.88 Å². The van der Waals surface area contributed by atoms with Crippen molar-refractivity contribution < 1.29 is 0 Å². The summed E-state index contributed by atoms with van der Waals surface area (Å²) in [4.78, 5) is 0. The largest absolute Gasteiger partial charge is 0.346 e. The average Bonchev–Trinajstić information content (AvgIpc) is 2.60. The zero-order valence-electron chi connectivity index (χ0n) is 8.13. The van der Waals surface area contributed by atoms with Crippen molar-refractivity contribution in [1.82, 2.24) is 9.88 Å². The van der Waals surface area contributed by atoms with Crippen LogP contribution >= 0.6 is 15.9 Å². The lowest BCUT2D eigenvalue weighted by atomic mass is 10.2. The molecule has 0 fully saturated rings. The van der Waals surface area contributed by atoms with Gasteiger partial charge in [-0.15, -0.1) is 0 Å². The van der Waals surface area contributed by atoms with E-state index in [0.29, 0.717) is 0 Å². The molecule has 0 atom stereocenters. The lowest BCUT2D eigenvalue weighted by Crippen LogP contribution is -2.14. The number of benzene rings is 1. The van der Waals surface area contributed by atoms with Crippen LogP contribution in [0.25, 0.3) is 10.9 Å². The second kappa shape index (κ2) is 4.15. The molecule has 14 heavy (non-hydrogen) atoms. The zero-order chi connectivity index (χ0) is 9.97. The van der Waals surface area contributed by atoms with Gasteiger partial charge >= 0.3 is 0 Å². The maximum Gasteiger partial charge on any atom is 0.0492 e. The first-order chi connectivity index (χ1) is 6.83. The normalized spacial score (nSPS) is 11.0. The number of nitrogens with one attached hydrogen (secondary N) is 1. The number of aromatic nitrogens is 1. The van der Waals surface area contributed by atoms with Crippen LogP contribution in [0.4, 0.5) is 0 Å². The molecule has 0 unspecified atom stereocenters. The van der Waals surface area contributed by atoms with Crippen molar-refractivity contribution in [2.45, 2.75) is 6.54 Å². The predicted octanol–water partition coefficient (Wildman–Crippen LogP) is 2.62. The zero-order valence-corrected chi connectivity index (χ0v) is 9.71. The van der Waals surface area contributed by atoms with Crippen molar-refractivity contribution in [3.05, 3.63) is 34.9 Å². The Morgan fingerprint density at radius 2 is 2.21 bits per heavy atom. The van der Waals surface area contributed by atoms with Gasteiger partial charge in [-0.2, -0.15) is 0 Å². The number of hydrogen-bond acceptors (Lipinski definition) is 1. The van der Waals surface area contributed by atoms with Crippen LogP contribution in [0.15, 0.2) is 34.9 Å². The second-order valence-electron chi connectivity index (χ2n) is 3.29. The molecule has 2 rings (SSSR count). The van der Waals surface area contributed by atoms with Crippen LogP contribution in [0.5, 0.6) is 0 Å². The molecule has 0 spiro atoms. The third-order valence-electron chi connectivity index (χ3n) is 2.36. The molecule has 0 aliphatic heterocycles. The summed E-state index contributed by atoms with van der Waals surface area (Å²) in [6, 6.07) is 8.44. The van der Waals surface area contributed by atoms with E-state index in [9.17, 15) is 0 Å². The Morgan fingerprint density at radius 3 is 3.00 bits per heavy atom. The van der Waals surface area contributed by atoms with Gasteiger partial charge in [-0.1, -0.05) is 22.0 Å². The number of hydrogen-bond donors (Lipinski definition) is 1. The van der Waals surface area contributed by atoms with Crippen molar-refractivity contribution >= 4 is 26.8 Å². The molecule has 2 nitrogen and oxygen atoms in total. The number of nitrogens with zero attached hydrogens (tertiary/aromatic N) is 1. The van der Waals surface area contributed by atoms with Crippen LogP contribution in [0.1, 0.15) is 0 Å². The fourth-order valence-corrected chi connectivity index (χ4v) is 2.10. The number of halogens is 1. The van der Waals surface area contributed by atoms with E-state index < -0.39 is 0 Å². The molecule has 1 aromatic carbocycles. The molecule has 1 N–H and O–H groups in total. The Hall–Kier alpha value is -0.800. The Bertz CT molecular complexity index is 434. The first kappa shape index (κ1) is 9.74. The summed E-state index contributed by atoms with van der Waals surface area (Å²) in [5.41, 5.74) is 1.29. The Morgan fingerprint density at radius 1 is 1.36 bits per heavy atom. The maximum atomic E-state index is 3.55. The van der Waals surface area contributed by atoms with E-state index in [1.54, 1.807) is 0 Å². The molecule has 2 aromatic rings. The van der Waals surface area contributed by atoms with E-state index in [0.717, 1.165) is 13.1 Å². The highest BCUT2D eigenvalue weighted by Crippen LogP contribution is 2.24. The molecule has 1 heterocycles. The molecule has 0 radical (unpaired) electrons. The number of likely N-dealkylation sites (N-methyl/N-ethyl adjacent to an activating group) is 1. The number of rotatable bonds is 3. The van der Waals surface area contributed by atoms with Crippen LogP contribution in [-0.4, -0.2) is 18.2 Å².